The zero-order valence-corrected chi connectivity index (χ0v) is 15.8. The molecular weight excluding hydrogens is 326 g/mol. The molecule has 4 rings (SSSR count). The lowest BCUT2D eigenvalue weighted by Gasteiger charge is -2.37. The summed E-state index contributed by atoms with van der Waals surface area (Å²) in [6, 6.07) is 8.65. The van der Waals surface area contributed by atoms with Gasteiger partial charge in [0.05, 0.1) is 11.0 Å². The van der Waals surface area contributed by atoms with E-state index in [1.165, 1.54) is 0 Å². The van der Waals surface area contributed by atoms with Gasteiger partial charge in [-0.3, -0.25) is 4.90 Å². The first-order valence-electron chi connectivity index (χ1n) is 9.90. The lowest BCUT2D eigenvalue weighted by atomic mass is 10.0. The van der Waals surface area contributed by atoms with Gasteiger partial charge < -0.3 is 10.2 Å². The maximum Gasteiger partial charge on any atom is 0.330 e. The molecule has 1 aromatic carbocycles. The Morgan fingerprint density at radius 1 is 1.27 bits per heavy atom. The zero-order chi connectivity index (χ0) is 18.1. The van der Waals surface area contributed by atoms with Crippen LogP contribution in [0.3, 0.4) is 0 Å². The van der Waals surface area contributed by atoms with Crippen LogP contribution in [0.1, 0.15) is 38.4 Å². The van der Waals surface area contributed by atoms with Crippen LogP contribution in [-0.2, 0) is 0 Å². The van der Waals surface area contributed by atoms with Crippen LogP contribution in [0.25, 0.3) is 11.0 Å². The number of nitrogens with zero attached hydrogens (tertiary/aromatic N) is 4. The van der Waals surface area contributed by atoms with Gasteiger partial charge in [-0.15, -0.1) is 0 Å². The summed E-state index contributed by atoms with van der Waals surface area (Å²) in [4.78, 5) is 22.4. The van der Waals surface area contributed by atoms with Crippen molar-refractivity contribution in [2.45, 2.75) is 38.6 Å². The van der Waals surface area contributed by atoms with Gasteiger partial charge in [-0.25, -0.2) is 14.3 Å². The summed E-state index contributed by atoms with van der Waals surface area (Å²) in [5.74, 6) is 1.25. The molecule has 0 spiro atoms. The number of imidazole rings is 1. The number of hydrogen-bond donors (Lipinski definition) is 1. The molecule has 0 bridgehead atoms. The summed E-state index contributed by atoms with van der Waals surface area (Å²) < 4.78 is 1.86. The van der Waals surface area contributed by atoms with Crippen LogP contribution in [0.5, 0.6) is 0 Å². The Hall–Kier alpha value is -1.92. The highest BCUT2D eigenvalue weighted by atomic mass is 16.2. The van der Waals surface area contributed by atoms with E-state index in [-0.39, 0.29) is 6.03 Å². The predicted molar refractivity (Wildman–Crippen MR) is 104 cm³/mol. The van der Waals surface area contributed by atoms with Crippen molar-refractivity contribution in [1.82, 2.24) is 24.7 Å². The lowest BCUT2D eigenvalue weighted by Crippen LogP contribution is -2.50. The molecule has 140 valence electrons. The normalized spacial score (nSPS) is 24.2. The quantitative estimate of drug-likeness (QED) is 0.895. The van der Waals surface area contributed by atoms with Gasteiger partial charge in [0.15, 0.2) is 0 Å². The SMILES string of the molecule is CCCN1CC(CCN2CCNCC2C)c2nc3ccccc3n2C1=O. The Morgan fingerprint density at radius 3 is 2.92 bits per heavy atom. The molecule has 3 heterocycles. The minimum Gasteiger partial charge on any atom is -0.323 e. The van der Waals surface area contributed by atoms with Crippen molar-refractivity contribution in [2.24, 2.45) is 0 Å². The van der Waals surface area contributed by atoms with Crippen molar-refractivity contribution in [3.8, 4) is 0 Å². The predicted octanol–water partition coefficient (Wildman–Crippen LogP) is 2.50. The number of hydrogen-bond acceptors (Lipinski definition) is 4. The first-order chi connectivity index (χ1) is 12.7. The molecule has 1 saturated heterocycles. The van der Waals surface area contributed by atoms with Crippen molar-refractivity contribution in [1.29, 1.82) is 0 Å². The molecule has 6 heteroatoms. The summed E-state index contributed by atoms with van der Waals surface area (Å²) in [6.45, 7) is 10.3. The van der Waals surface area contributed by atoms with Gasteiger partial charge in [-0.2, -0.15) is 0 Å². The average molecular weight is 355 g/mol. The Kier molecular flexibility index (Phi) is 4.96. The molecule has 0 saturated carbocycles. The third-order valence-electron chi connectivity index (χ3n) is 5.75. The number of carbonyl (C=O) groups is 1. The number of rotatable bonds is 5. The third kappa shape index (κ3) is 3.12. The van der Waals surface area contributed by atoms with Crippen LogP contribution in [0.4, 0.5) is 4.79 Å². The zero-order valence-electron chi connectivity index (χ0n) is 15.8. The molecule has 2 atom stereocenters. The monoisotopic (exact) mass is 355 g/mol. The molecule has 1 N–H and O–H groups in total. The molecular formula is C20H29N5O. The van der Waals surface area contributed by atoms with Crippen molar-refractivity contribution >= 4 is 17.1 Å². The molecule has 26 heavy (non-hydrogen) atoms. The van der Waals surface area contributed by atoms with E-state index in [1.807, 2.05) is 33.7 Å². The number of piperazine rings is 1. The minimum atomic E-state index is 0.0855. The molecule has 2 aliphatic rings. The van der Waals surface area contributed by atoms with Crippen molar-refractivity contribution < 1.29 is 4.79 Å². The number of nitrogens with one attached hydrogen (secondary N) is 1. The smallest absolute Gasteiger partial charge is 0.323 e. The van der Waals surface area contributed by atoms with Crippen molar-refractivity contribution in [2.75, 3.05) is 39.3 Å². The maximum atomic E-state index is 13.0. The topological polar surface area (TPSA) is 53.4 Å². The molecule has 6 nitrogen and oxygen atoms in total. The van der Waals surface area contributed by atoms with E-state index >= 15 is 0 Å². The summed E-state index contributed by atoms with van der Waals surface area (Å²) in [5, 5.41) is 3.45. The van der Waals surface area contributed by atoms with Gasteiger partial charge in [-0.1, -0.05) is 19.1 Å². The molecule has 0 radical (unpaired) electrons. The summed E-state index contributed by atoms with van der Waals surface area (Å²) >= 11 is 0. The highest BCUT2D eigenvalue weighted by Crippen LogP contribution is 2.30. The number of para-hydroxylation sites is 2. The van der Waals surface area contributed by atoms with Crippen LogP contribution in [0.2, 0.25) is 0 Å². The van der Waals surface area contributed by atoms with Gasteiger partial charge in [0, 0.05) is 44.7 Å². The van der Waals surface area contributed by atoms with Gasteiger partial charge >= 0.3 is 6.03 Å². The maximum absolute atomic E-state index is 13.0. The Balaban J connectivity index is 1.62. The Labute approximate surface area is 155 Å². The standard InChI is InChI=1S/C20H29N5O/c1-3-10-24-14-16(8-11-23-12-9-21-13-15(23)2)19-22-17-6-4-5-7-18(17)25(19)20(24)26/h4-7,15-16,21H,3,8-14H2,1-2H3. The van der Waals surface area contributed by atoms with E-state index in [0.29, 0.717) is 12.0 Å². The van der Waals surface area contributed by atoms with Crippen LogP contribution < -0.4 is 5.32 Å². The van der Waals surface area contributed by atoms with E-state index < -0.39 is 0 Å². The van der Waals surface area contributed by atoms with Crippen LogP contribution in [0, 0.1) is 0 Å². The van der Waals surface area contributed by atoms with E-state index in [0.717, 1.165) is 69.0 Å². The van der Waals surface area contributed by atoms with Crippen LogP contribution >= 0.6 is 0 Å². The van der Waals surface area contributed by atoms with Crippen molar-refractivity contribution in [3.05, 3.63) is 30.1 Å². The summed E-state index contributed by atoms with van der Waals surface area (Å²) in [5.41, 5.74) is 1.86. The van der Waals surface area contributed by atoms with Crippen LogP contribution in [-0.4, -0.2) is 70.7 Å². The number of benzene rings is 1. The molecule has 2 unspecified atom stereocenters. The second-order valence-electron chi connectivity index (χ2n) is 7.60. The summed E-state index contributed by atoms with van der Waals surface area (Å²) in [6.07, 6.45) is 2.02. The number of fused-ring (bicyclic) bond motifs is 3. The van der Waals surface area contributed by atoms with Gasteiger partial charge in [0.1, 0.15) is 5.82 Å². The van der Waals surface area contributed by atoms with Gasteiger partial charge in [0.25, 0.3) is 0 Å². The van der Waals surface area contributed by atoms with Crippen molar-refractivity contribution in [3.63, 3.8) is 0 Å². The fourth-order valence-corrected chi connectivity index (χ4v) is 4.30. The van der Waals surface area contributed by atoms with E-state index in [9.17, 15) is 4.79 Å². The molecule has 1 amide bonds. The van der Waals surface area contributed by atoms with E-state index in [4.69, 9.17) is 4.98 Å². The first-order valence-corrected chi connectivity index (χ1v) is 9.90. The first kappa shape index (κ1) is 17.5. The number of amides is 1. The second-order valence-corrected chi connectivity index (χ2v) is 7.60. The Morgan fingerprint density at radius 2 is 2.12 bits per heavy atom. The lowest BCUT2D eigenvalue weighted by molar-refractivity contribution is 0.154. The van der Waals surface area contributed by atoms with Gasteiger partial charge in [-0.05, 0) is 38.4 Å². The van der Waals surface area contributed by atoms with E-state index in [2.05, 4.69) is 24.1 Å². The summed E-state index contributed by atoms with van der Waals surface area (Å²) in [7, 11) is 0. The minimum absolute atomic E-state index is 0.0855. The highest BCUT2D eigenvalue weighted by molar-refractivity contribution is 5.91. The molecule has 2 aliphatic heterocycles. The highest BCUT2D eigenvalue weighted by Gasteiger charge is 2.34. The van der Waals surface area contributed by atoms with Crippen LogP contribution in [0.15, 0.2) is 24.3 Å². The number of carbonyl (C=O) groups excluding carboxylic acids is 1. The molecule has 2 aromatic rings. The molecule has 1 fully saturated rings. The largest absolute Gasteiger partial charge is 0.330 e. The molecule has 1 aromatic heterocycles. The average Bonchev–Trinajstić information content (AvgIpc) is 3.04. The fraction of sp³-hybridized carbons (Fsp3) is 0.600. The molecule has 0 aliphatic carbocycles. The second kappa shape index (κ2) is 7.37. The number of aromatic nitrogens is 2. The fourth-order valence-electron chi connectivity index (χ4n) is 4.30. The third-order valence-corrected chi connectivity index (χ3v) is 5.75. The van der Waals surface area contributed by atoms with E-state index in [1.54, 1.807) is 0 Å². The Bertz CT molecular complexity index is 786. The van der Waals surface area contributed by atoms with Gasteiger partial charge in [0.2, 0.25) is 0 Å².